The second kappa shape index (κ2) is 8.93. The SMILES string of the molecule is CC(=O)OC(CCCCN1C(=O)C=CC1=O)C(=O)NCCN. The predicted molar refractivity (Wildman–Crippen MR) is 77.3 cm³/mol. The molecule has 1 rings (SSSR count). The van der Waals surface area contributed by atoms with Crippen LogP contribution >= 0.6 is 0 Å². The Bertz CT molecular complexity index is 457. The molecular formula is C14H21N3O5. The van der Waals surface area contributed by atoms with Crippen LogP contribution in [0.5, 0.6) is 0 Å². The summed E-state index contributed by atoms with van der Waals surface area (Å²) in [5.41, 5.74) is 5.30. The number of esters is 1. The summed E-state index contributed by atoms with van der Waals surface area (Å²) in [5.74, 6) is -1.60. The minimum absolute atomic E-state index is 0.280. The van der Waals surface area contributed by atoms with E-state index in [-0.39, 0.29) is 18.4 Å². The van der Waals surface area contributed by atoms with Crippen molar-refractivity contribution in [1.82, 2.24) is 10.2 Å². The van der Waals surface area contributed by atoms with Crippen molar-refractivity contribution in [2.24, 2.45) is 5.73 Å². The highest BCUT2D eigenvalue weighted by Gasteiger charge is 2.24. The molecule has 8 heteroatoms. The van der Waals surface area contributed by atoms with Crippen molar-refractivity contribution in [2.45, 2.75) is 32.3 Å². The van der Waals surface area contributed by atoms with Crippen molar-refractivity contribution in [3.63, 3.8) is 0 Å². The molecule has 0 aromatic heterocycles. The summed E-state index contributed by atoms with van der Waals surface area (Å²) in [7, 11) is 0. The van der Waals surface area contributed by atoms with E-state index in [0.717, 1.165) is 4.90 Å². The summed E-state index contributed by atoms with van der Waals surface area (Å²) in [4.78, 5) is 46.7. The van der Waals surface area contributed by atoms with Crippen molar-refractivity contribution >= 4 is 23.7 Å². The van der Waals surface area contributed by atoms with Gasteiger partial charge in [0.15, 0.2) is 6.10 Å². The molecular weight excluding hydrogens is 290 g/mol. The average Bonchev–Trinajstić information content (AvgIpc) is 2.78. The first kappa shape index (κ1) is 17.8. The number of ether oxygens (including phenoxy) is 1. The molecule has 122 valence electrons. The van der Waals surface area contributed by atoms with Crippen LogP contribution in [0, 0.1) is 0 Å². The van der Waals surface area contributed by atoms with Crippen LogP contribution in [0.1, 0.15) is 26.2 Å². The predicted octanol–water partition coefficient (Wildman–Crippen LogP) is -0.912. The first-order chi connectivity index (χ1) is 10.5. The third-order valence-corrected chi connectivity index (χ3v) is 3.04. The van der Waals surface area contributed by atoms with Crippen molar-refractivity contribution in [2.75, 3.05) is 19.6 Å². The third-order valence-electron chi connectivity index (χ3n) is 3.04. The van der Waals surface area contributed by atoms with Crippen LogP contribution in [0.3, 0.4) is 0 Å². The molecule has 0 fully saturated rings. The molecule has 1 atom stereocenters. The van der Waals surface area contributed by atoms with Gasteiger partial charge in [0.2, 0.25) is 0 Å². The number of hydrogen-bond acceptors (Lipinski definition) is 6. The lowest BCUT2D eigenvalue weighted by atomic mass is 10.1. The van der Waals surface area contributed by atoms with Crippen LogP contribution in [0.4, 0.5) is 0 Å². The van der Waals surface area contributed by atoms with E-state index in [0.29, 0.717) is 32.4 Å². The van der Waals surface area contributed by atoms with E-state index >= 15 is 0 Å². The van der Waals surface area contributed by atoms with Crippen molar-refractivity contribution in [1.29, 1.82) is 0 Å². The number of nitrogens with one attached hydrogen (secondary N) is 1. The Hall–Kier alpha value is -2.22. The van der Waals surface area contributed by atoms with E-state index in [1.165, 1.54) is 19.1 Å². The smallest absolute Gasteiger partial charge is 0.303 e. The highest BCUT2D eigenvalue weighted by atomic mass is 16.5. The lowest BCUT2D eigenvalue weighted by molar-refractivity contribution is -0.154. The quantitative estimate of drug-likeness (QED) is 0.323. The van der Waals surface area contributed by atoms with Crippen LogP contribution in [-0.2, 0) is 23.9 Å². The second-order valence-corrected chi connectivity index (χ2v) is 4.84. The van der Waals surface area contributed by atoms with Crippen molar-refractivity contribution < 1.29 is 23.9 Å². The standard InChI is InChI=1S/C14H21N3O5/c1-10(18)22-11(14(21)16-8-7-15)4-2-3-9-17-12(19)5-6-13(17)20/h5-6,11H,2-4,7-9,15H2,1H3,(H,16,21). The molecule has 8 nitrogen and oxygen atoms in total. The number of hydrogen-bond donors (Lipinski definition) is 2. The zero-order valence-electron chi connectivity index (χ0n) is 12.5. The maximum atomic E-state index is 11.8. The minimum Gasteiger partial charge on any atom is -0.452 e. The molecule has 3 N–H and O–H groups in total. The molecule has 0 radical (unpaired) electrons. The molecule has 1 aliphatic rings. The first-order valence-corrected chi connectivity index (χ1v) is 7.14. The Morgan fingerprint density at radius 3 is 2.45 bits per heavy atom. The van der Waals surface area contributed by atoms with Gasteiger partial charge in [0, 0.05) is 38.7 Å². The first-order valence-electron chi connectivity index (χ1n) is 7.14. The van der Waals surface area contributed by atoms with Gasteiger partial charge in [0.25, 0.3) is 17.7 Å². The number of carbonyl (C=O) groups is 4. The van der Waals surface area contributed by atoms with Gasteiger partial charge in [0.05, 0.1) is 0 Å². The molecule has 3 amide bonds. The van der Waals surface area contributed by atoms with E-state index in [1.807, 2.05) is 0 Å². The highest BCUT2D eigenvalue weighted by molar-refractivity contribution is 6.12. The highest BCUT2D eigenvalue weighted by Crippen LogP contribution is 2.10. The molecule has 1 heterocycles. The van der Waals surface area contributed by atoms with Gasteiger partial charge in [-0.2, -0.15) is 0 Å². The summed E-state index contributed by atoms with van der Waals surface area (Å²) < 4.78 is 4.97. The Kier molecular flexibility index (Phi) is 7.24. The zero-order chi connectivity index (χ0) is 16.5. The number of carbonyl (C=O) groups excluding carboxylic acids is 4. The van der Waals surface area contributed by atoms with E-state index < -0.39 is 18.0 Å². The number of nitrogens with zero attached hydrogens (tertiary/aromatic N) is 1. The van der Waals surface area contributed by atoms with Gasteiger partial charge < -0.3 is 15.8 Å². The second-order valence-electron chi connectivity index (χ2n) is 4.84. The van der Waals surface area contributed by atoms with Crippen LogP contribution in [0.25, 0.3) is 0 Å². The van der Waals surface area contributed by atoms with E-state index in [2.05, 4.69) is 5.32 Å². The Morgan fingerprint density at radius 2 is 1.91 bits per heavy atom. The molecule has 0 aromatic rings. The molecule has 22 heavy (non-hydrogen) atoms. The maximum Gasteiger partial charge on any atom is 0.303 e. The molecule has 1 aliphatic heterocycles. The van der Waals surface area contributed by atoms with Gasteiger partial charge in [-0.15, -0.1) is 0 Å². The fourth-order valence-electron chi connectivity index (χ4n) is 2.00. The maximum absolute atomic E-state index is 11.8. The van der Waals surface area contributed by atoms with E-state index in [4.69, 9.17) is 10.5 Å². The van der Waals surface area contributed by atoms with Gasteiger partial charge in [-0.05, 0) is 19.3 Å². The Balaban J connectivity index is 2.36. The molecule has 0 saturated heterocycles. The normalized spacial score (nSPS) is 15.1. The lowest BCUT2D eigenvalue weighted by Gasteiger charge is -2.17. The Morgan fingerprint density at radius 1 is 1.27 bits per heavy atom. The van der Waals surface area contributed by atoms with E-state index in [9.17, 15) is 19.2 Å². The third kappa shape index (κ3) is 5.65. The largest absolute Gasteiger partial charge is 0.452 e. The van der Waals surface area contributed by atoms with Gasteiger partial charge in [0.1, 0.15) is 0 Å². The van der Waals surface area contributed by atoms with Gasteiger partial charge in [-0.25, -0.2) is 0 Å². The summed E-state index contributed by atoms with van der Waals surface area (Å²) in [6, 6.07) is 0. The zero-order valence-corrected chi connectivity index (χ0v) is 12.5. The van der Waals surface area contributed by atoms with Crippen LogP contribution in [0.2, 0.25) is 0 Å². The number of nitrogens with two attached hydrogens (primary N) is 1. The lowest BCUT2D eigenvalue weighted by Crippen LogP contribution is -2.39. The summed E-state index contributed by atoms with van der Waals surface area (Å²) in [5, 5.41) is 2.56. The van der Waals surface area contributed by atoms with Crippen molar-refractivity contribution in [3.05, 3.63) is 12.2 Å². The summed E-state index contributed by atoms with van der Waals surface area (Å²) in [6.07, 6.45) is 2.95. The summed E-state index contributed by atoms with van der Waals surface area (Å²) >= 11 is 0. The fraction of sp³-hybridized carbons (Fsp3) is 0.571. The molecule has 0 saturated carbocycles. The number of rotatable bonds is 9. The van der Waals surface area contributed by atoms with Crippen LogP contribution in [-0.4, -0.2) is 54.3 Å². The minimum atomic E-state index is -0.882. The number of amides is 3. The molecule has 0 bridgehead atoms. The molecule has 1 unspecified atom stereocenters. The van der Waals surface area contributed by atoms with Crippen LogP contribution in [0.15, 0.2) is 12.2 Å². The molecule has 0 aliphatic carbocycles. The average molecular weight is 311 g/mol. The van der Waals surface area contributed by atoms with Crippen molar-refractivity contribution in [3.8, 4) is 0 Å². The fourth-order valence-corrected chi connectivity index (χ4v) is 2.00. The van der Waals surface area contributed by atoms with Gasteiger partial charge in [-0.1, -0.05) is 0 Å². The molecule has 0 aromatic carbocycles. The molecule has 0 spiro atoms. The van der Waals surface area contributed by atoms with E-state index in [1.54, 1.807) is 0 Å². The summed E-state index contributed by atoms with van der Waals surface area (Å²) in [6.45, 7) is 2.11. The topological polar surface area (TPSA) is 119 Å². The number of unbranched alkanes of at least 4 members (excludes halogenated alkanes) is 1. The monoisotopic (exact) mass is 311 g/mol. The van der Waals surface area contributed by atoms with Gasteiger partial charge >= 0.3 is 5.97 Å². The van der Waals surface area contributed by atoms with Gasteiger partial charge in [-0.3, -0.25) is 24.1 Å². The van der Waals surface area contributed by atoms with Crippen LogP contribution < -0.4 is 11.1 Å². The Labute approximate surface area is 128 Å². The number of imide groups is 1.